The molecule has 0 amide bonds. The van der Waals surface area contributed by atoms with Crippen molar-refractivity contribution in [3.8, 4) is 11.3 Å². The van der Waals surface area contributed by atoms with Crippen LogP contribution >= 0.6 is 23.1 Å². The minimum absolute atomic E-state index is 0.444. The minimum atomic E-state index is -0.444. The van der Waals surface area contributed by atoms with E-state index >= 15 is 0 Å². The summed E-state index contributed by atoms with van der Waals surface area (Å²) in [5.74, 6) is 0. The number of nitrogens with zero attached hydrogens (tertiary/aromatic N) is 1. The molecule has 0 N–H and O–H groups in total. The summed E-state index contributed by atoms with van der Waals surface area (Å²) in [6.45, 7) is 1.85. The summed E-state index contributed by atoms with van der Waals surface area (Å²) in [6, 6.07) is 9.57. The Balaban J connectivity index is 2.59. The van der Waals surface area contributed by atoms with E-state index < -0.39 is 5.24 Å². The fourth-order valence-corrected chi connectivity index (χ4v) is 2.39. The van der Waals surface area contributed by atoms with Crippen LogP contribution < -0.4 is 0 Å². The van der Waals surface area contributed by atoms with Crippen LogP contribution in [0.4, 0.5) is 0 Å². The number of hydrogen-bond donors (Lipinski definition) is 0. The average Bonchev–Trinajstić information content (AvgIpc) is 2.61. The molecule has 0 unspecified atom stereocenters. The van der Waals surface area contributed by atoms with E-state index in [1.54, 1.807) is 0 Å². The van der Waals surface area contributed by atoms with Gasteiger partial charge in [-0.3, -0.25) is 4.79 Å². The fourth-order valence-electron chi connectivity index (χ4n) is 1.40. The lowest BCUT2D eigenvalue weighted by Crippen LogP contribution is -1.92. The summed E-state index contributed by atoms with van der Waals surface area (Å²) < 4.78 is 4.24. The highest BCUT2D eigenvalue weighted by Gasteiger charge is 2.17. The van der Waals surface area contributed by atoms with Gasteiger partial charge in [-0.2, -0.15) is 4.37 Å². The van der Waals surface area contributed by atoms with Crippen LogP contribution in [0.2, 0.25) is 0 Å². The molecule has 15 heavy (non-hydrogen) atoms. The van der Waals surface area contributed by atoms with E-state index in [0.717, 1.165) is 10.4 Å². The van der Waals surface area contributed by atoms with Crippen molar-refractivity contribution >= 4 is 28.4 Å². The molecule has 0 radical (unpaired) electrons. The van der Waals surface area contributed by atoms with Crippen molar-refractivity contribution in [1.82, 2.24) is 4.37 Å². The van der Waals surface area contributed by atoms with Gasteiger partial charge in [0, 0.05) is 10.4 Å². The van der Waals surface area contributed by atoms with Crippen LogP contribution in [0.3, 0.4) is 0 Å². The summed E-state index contributed by atoms with van der Waals surface area (Å²) in [4.78, 5) is 12.1. The Morgan fingerprint density at radius 2 is 2.00 bits per heavy atom. The predicted octanol–water partition coefficient (Wildman–Crippen LogP) is 3.50. The largest absolute Gasteiger partial charge is 0.275 e. The molecule has 0 atom stereocenters. The van der Waals surface area contributed by atoms with Crippen LogP contribution in [-0.2, 0) is 0 Å². The molecule has 2 nitrogen and oxygen atoms in total. The predicted molar refractivity (Wildman–Crippen MR) is 62.5 cm³/mol. The van der Waals surface area contributed by atoms with Crippen molar-refractivity contribution in [1.29, 1.82) is 0 Å². The van der Waals surface area contributed by atoms with Crippen LogP contribution in [0.1, 0.15) is 15.2 Å². The molecule has 0 aliphatic rings. The van der Waals surface area contributed by atoms with Crippen molar-refractivity contribution in [2.24, 2.45) is 0 Å². The van der Waals surface area contributed by atoms with Gasteiger partial charge in [0.2, 0.25) is 0 Å². The number of halogens is 1. The van der Waals surface area contributed by atoms with Crippen LogP contribution in [-0.4, -0.2) is 9.62 Å². The molecule has 0 saturated carbocycles. The van der Waals surface area contributed by atoms with Crippen LogP contribution in [0.5, 0.6) is 0 Å². The number of carbonyl (C=O) groups is 1. The van der Waals surface area contributed by atoms with Gasteiger partial charge >= 0.3 is 0 Å². The number of benzene rings is 1. The first kappa shape index (κ1) is 10.3. The topological polar surface area (TPSA) is 30.0 Å². The second kappa shape index (κ2) is 4.13. The highest BCUT2D eigenvalue weighted by molar-refractivity contribution is 7.06. The van der Waals surface area contributed by atoms with Gasteiger partial charge in [-0.05, 0) is 30.1 Å². The van der Waals surface area contributed by atoms with E-state index in [1.165, 1.54) is 11.5 Å². The maximum Gasteiger partial charge on any atom is 0.255 e. The maximum atomic E-state index is 11.3. The van der Waals surface area contributed by atoms with Crippen LogP contribution in [0, 0.1) is 6.92 Å². The molecule has 2 rings (SSSR count). The summed E-state index contributed by atoms with van der Waals surface area (Å²) in [5.41, 5.74) is 2.12. The Kier molecular flexibility index (Phi) is 2.84. The second-order valence-electron chi connectivity index (χ2n) is 3.10. The fraction of sp³-hybridized carbons (Fsp3) is 0.0909. The third-order valence-corrected chi connectivity index (χ3v) is 3.05. The van der Waals surface area contributed by atoms with Gasteiger partial charge in [-0.15, -0.1) is 0 Å². The molecular formula is C11H8ClNOS. The molecule has 1 aromatic carbocycles. The monoisotopic (exact) mass is 237 g/mol. The van der Waals surface area contributed by atoms with E-state index in [4.69, 9.17) is 11.6 Å². The number of carbonyl (C=O) groups excluding carboxylic acids is 1. The molecule has 0 bridgehead atoms. The smallest absolute Gasteiger partial charge is 0.255 e. The summed E-state index contributed by atoms with van der Waals surface area (Å²) >= 11 is 6.83. The Labute approximate surface area is 96.7 Å². The molecule has 0 saturated heterocycles. The van der Waals surface area contributed by atoms with Gasteiger partial charge in [0.05, 0.1) is 11.3 Å². The zero-order chi connectivity index (χ0) is 10.8. The van der Waals surface area contributed by atoms with Gasteiger partial charge in [0.15, 0.2) is 0 Å². The lowest BCUT2D eigenvalue weighted by atomic mass is 10.1. The number of aryl methyl sites for hydroxylation is 1. The summed E-state index contributed by atoms with van der Waals surface area (Å²) in [6.07, 6.45) is 0. The van der Waals surface area contributed by atoms with Gasteiger partial charge in [-0.1, -0.05) is 30.3 Å². The summed E-state index contributed by atoms with van der Waals surface area (Å²) in [5, 5.41) is -0.444. The lowest BCUT2D eigenvalue weighted by Gasteiger charge is -1.98. The third kappa shape index (κ3) is 1.94. The summed E-state index contributed by atoms with van der Waals surface area (Å²) in [7, 11) is 0. The zero-order valence-corrected chi connectivity index (χ0v) is 9.60. The normalized spacial score (nSPS) is 10.3. The maximum absolute atomic E-state index is 11.3. The van der Waals surface area contributed by atoms with Crippen LogP contribution in [0.15, 0.2) is 30.3 Å². The number of hydrogen-bond acceptors (Lipinski definition) is 3. The van der Waals surface area contributed by atoms with Gasteiger partial charge < -0.3 is 0 Å². The molecule has 2 aromatic rings. The van der Waals surface area contributed by atoms with Crippen LogP contribution in [0.25, 0.3) is 11.3 Å². The zero-order valence-electron chi connectivity index (χ0n) is 8.03. The van der Waals surface area contributed by atoms with E-state index in [0.29, 0.717) is 11.3 Å². The Morgan fingerprint density at radius 3 is 2.60 bits per heavy atom. The molecule has 0 aliphatic heterocycles. The Bertz CT molecular complexity index is 493. The van der Waals surface area contributed by atoms with Crippen molar-refractivity contribution < 1.29 is 4.79 Å². The molecule has 1 heterocycles. The first-order valence-corrected chi connectivity index (χ1v) is 5.57. The Hall–Kier alpha value is -1.19. The molecule has 1 aromatic heterocycles. The van der Waals surface area contributed by atoms with E-state index in [-0.39, 0.29) is 0 Å². The number of rotatable bonds is 2. The lowest BCUT2D eigenvalue weighted by molar-refractivity contribution is 0.108. The van der Waals surface area contributed by atoms with E-state index in [1.807, 2.05) is 37.3 Å². The van der Waals surface area contributed by atoms with Gasteiger partial charge in [0.1, 0.15) is 0 Å². The third-order valence-electron chi connectivity index (χ3n) is 2.11. The van der Waals surface area contributed by atoms with E-state index in [9.17, 15) is 4.79 Å². The SMILES string of the molecule is Cc1snc(-c2ccccc2)c1C(=O)Cl. The van der Waals surface area contributed by atoms with Crippen molar-refractivity contribution in [3.05, 3.63) is 40.8 Å². The first-order valence-electron chi connectivity index (χ1n) is 4.41. The molecular weight excluding hydrogens is 230 g/mol. The molecule has 76 valence electrons. The Morgan fingerprint density at radius 1 is 1.33 bits per heavy atom. The molecule has 4 heteroatoms. The molecule has 0 spiro atoms. The quantitative estimate of drug-likeness (QED) is 0.749. The van der Waals surface area contributed by atoms with Crippen molar-refractivity contribution in [2.75, 3.05) is 0 Å². The highest BCUT2D eigenvalue weighted by Crippen LogP contribution is 2.28. The average molecular weight is 238 g/mol. The van der Waals surface area contributed by atoms with Crippen molar-refractivity contribution in [2.45, 2.75) is 6.92 Å². The number of aromatic nitrogens is 1. The first-order chi connectivity index (χ1) is 7.20. The van der Waals surface area contributed by atoms with E-state index in [2.05, 4.69) is 4.37 Å². The highest BCUT2D eigenvalue weighted by atomic mass is 35.5. The molecule has 0 fully saturated rings. The van der Waals surface area contributed by atoms with Crippen molar-refractivity contribution in [3.63, 3.8) is 0 Å². The standard InChI is InChI=1S/C11H8ClNOS/c1-7-9(11(12)14)10(13-15-7)8-5-3-2-4-6-8/h2-6H,1H3. The molecule has 0 aliphatic carbocycles. The minimum Gasteiger partial charge on any atom is -0.275 e. The van der Waals surface area contributed by atoms with Gasteiger partial charge in [-0.25, -0.2) is 0 Å². The van der Waals surface area contributed by atoms with Gasteiger partial charge in [0.25, 0.3) is 5.24 Å². The second-order valence-corrected chi connectivity index (χ2v) is 4.42.